The third-order valence-electron chi connectivity index (χ3n) is 4.40. The normalized spacial score (nSPS) is 12.2. The van der Waals surface area contributed by atoms with Crippen LogP contribution in [-0.2, 0) is 26.0 Å². The molecule has 3 aromatic rings. The first-order valence-electron chi connectivity index (χ1n) is 9.10. The lowest BCUT2D eigenvalue weighted by molar-refractivity contribution is -0.139. The van der Waals surface area contributed by atoms with E-state index in [4.69, 9.17) is 27.6 Å². The van der Waals surface area contributed by atoms with Gasteiger partial charge in [0.25, 0.3) is 0 Å². The van der Waals surface area contributed by atoms with Gasteiger partial charge < -0.3 is 15.1 Å². The number of hydrogen-bond acceptors (Lipinski definition) is 5. The highest BCUT2D eigenvalue weighted by Gasteiger charge is 2.32. The summed E-state index contributed by atoms with van der Waals surface area (Å²) in [7, 11) is -3.93. The molecule has 31 heavy (non-hydrogen) atoms. The molecule has 0 saturated heterocycles. The van der Waals surface area contributed by atoms with E-state index in [-0.39, 0.29) is 23.7 Å². The van der Waals surface area contributed by atoms with E-state index in [1.54, 1.807) is 30.3 Å². The van der Waals surface area contributed by atoms with Crippen molar-refractivity contribution in [2.45, 2.75) is 16.7 Å². The summed E-state index contributed by atoms with van der Waals surface area (Å²) in [5.74, 6) is -1.72. The van der Waals surface area contributed by atoms with Crippen molar-refractivity contribution in [3.05, 3.63) is 88.3 Å². The van der Waals surface area contributed by atoms with Gasteiger partial charge in [0.05, 0.1) is 11.2 Å². The molecular weight excluding hydrogens is 463 g/mol. The van der Waals surface area contributed by atoms with Crippen LogP contribution in [0.15, 0.2) is 76.2 Å². The molecule has 1 unspecified atom stereocenters. The topological polar surface area (TPSA) is 105 Å². The van der Waals surface area contributed by atoms with Gasteiger partial charge in [-0.3, -0.25) is 9.59 Å². The average Bonchev–Trinajstić information content (AvgIpc) is 3.27. The minimum Gasteiger partial charge on any atom is -0.468 e. The molecule has 0 spiro atoms. The predicted molar refractivity (Wildman–Crippen MR) is 116 cm³/mol. The number of benzene rings is 2. The fraction of sp³-hybridized carbons (Fsp3) is 0.143. The lowest BCUT2D eigenvalue weighted by Crippen LogP contribution is -2.42. The lowest BCUT2D eigenvalue weighted by atomic mass is 10.2. The molecule has 2 N–H and O–H groups in total. The molecule has 0 aliphatic rings. The van der Waals surface area contributed by atoms with Gasteiger partial charge in [-0.25, -0.2) is 8.42 Å². The molecule has 1 heterocycles. The number of halogens is 2. The van der Waals surface area contributed by atoms with Gasteiger partial charge >= 0.3 is 11.8 Å². The number of rotatable bonds is 7. The fourth-order valence-corrected chi connectivity index (χ4v) is 4.60. The lowest BCUT2D eigenvalue weighted by Gasteiger charge is -2.16. The quantitative estimate of drug-likeness (QED) is 0.503. The van der Waals surface area contributed by atoms with E-state index < -0.39 is 26.9 Å². The molecule has 0 aliphatic heterocycles. The first-order chi connectivity index (χ1) is 14.8. The van der Waals surface area contributed by atoms with Crippen molar-refractivity contribution in [2.75, 3.05) is 6.54 Å². The second-order valence-electron chi connectivity index (χ2n) is 6.52. The fourth-order valence-electron chi connectivity index (χ4n) is 2.76. The van der Waals surface area contributed by atoms with E-state index in [1.807, 2.05) is 0 Å². The highest BCUT2D eigenvalue weighted by atomic mass is 35.5. The Morgan fingerprint density at radius 1 is 0.871 bits per heavy atom. The molecule has 0 aliphatic carbocycles. The summed E-state index contributed by atoms with van der Waals surface area (Å²) in [6.45, 7) is -0.236. The molecule has 7 nitrogen and oxygen atoms in total. The van der Waals surface area contributed by atoms with Gasteiger partial charge in [-0.15, -0.1) is 0 Å². The van der Waals surface area contributed by atoms with Gasteiger partial charge in [0, 0.05) is 23.1 Å². The number of furan rings is 1. The average molecular weight is 481 g/mol. The molecule has 2 amide bonds. The largest absolute Gasteiger partial charge is 0.468 e. The van der Waals surface area contributed by atoms with E-state index in [1.165, 1.54) is 36.6 Å². The van der Waals surface area contributed by atoms with Crippen molar-refractivity contribution in [1.29, 1.82) is 0 Å². The zero-order valence-corrected chi connectivity index (χ0v) is 18.4. The Bertz CT molecular complexity index is 1150. The van der Waals surface area contributed by atoms with Crippen LogP contribution in [0.2, 0.25) is 10.0 Å². The monoisotopic (exact) mass is 480 g/mol. The summed E-state index contributed by atoms with van der Waals surface area (Å²) in [4.78, 5) is 24.3. The smallest absolute Gasteiger partial charge is 0.309 e. The van der Waals surface area contributed by atoms with Gasteiger partial charge in [-0.05, 0) is 54.1 Å². The molecule has 3 rings (SSSR count). The number of hydrogen-bond donors (Lipinski definition) is 2. The van der Waals surface area contributed by atoms with Gasteiger partial charge in [0.2, 0.25) is 0 Å². The Hall–Kier alpha value is -2.81. The van der Waals surface area contributed by atoms with Crippen LogP contribution < -0.4 is 10.6 Å². The third-order valence-corrected chi connectivity index (χ3v) is 6.98. The summed E-state index contributed by atoms with van der Waals surface area (Å²) in [5.41, 5.74) is 0.754. The van der Waals surface area contributed by atoms with Crippen molar-refractivity contribution < 1.29 is 22.4 Å². The maximum atomic E-state index is 13.1. The number of carbonyl (C=O) groups is 2. The Morgan fingerprint density at radius 3 is 2.03 bits per heavy atom. The Morgan fingerprint density at radius 2 is 1.45 bits per heavy atom. The molecule has 0 bridgehead atoms. The van der Waals surface area contributed by atoms with E-state index in [2.05, 4.69) is 10.6 Å². The summed E-state index contributed by atoms with van der Waals surface area (Å²) < 4.78 is 31.5. The summed E-state index contributed by atoms with van der Waals surface area (Å²) in [5, 5.41) is 4.56. The Balaban J connectivity index is 1.68. The molecule has 0 saturated carbocycles. The maximum absolute atomic E-state index is 13.1. The van der Waals surface area contributed by atoms with Crippen LogP contribution in [0.3, 0.4) is 0 Å². The number of carbonyl (C=O) groups excluding carboxylic acids is 2. The highest BCUT2D eigenvalue weighted by Crippen LogP contribution is 2.29. The first-order valence-corrected chi connectivity index (χ1v) is 11.4. The second kappa shape index (κ2) is 10.00. The van der Waals surface area contributed by atoms with Gasteiger partial charge in [-0.2, -0.15) is 0 Å². The van der Waals surface area contributed by atoms with Gasteiger partial charge in [-0.1, -0.05) is 35.3 Å². The summed E-state index contributed by atoms with van der Waals surface area (Å²) in [6.07, 6.45) is 1.33. The van der Waals surface area contributed by atoms with Crippen LogP contribution in [0.1, 0.15) is 16.6 Å². The van der Waals surface area contributed by atoms with Gasteiger partial charge in [0.1, 0.15) is 11.0 Å². The SMILES string of the molecule is O=C(NCc1ccc(Cl)cc1)C(=O)NCC(c1ccco1)S(=O)(=O)c1ccc(Cl)cc1. The molecule has 0 fully saturated rings. The minimum atomic E-state index is -3.93. The minimum absolute atomic E-state index is 0.0136. The molecule has 1 aromatic heterocycles. The molecule has 10 heteroatoms. The van der Waals surface area contributed by atoms with Crippen molar-refractivity contribution >= 4 is 44.9 Å². The van der Waals surface area contributed by atoms with Crippen LogP contribution in [0.5, 0.6) is 0 Å². The zero-order chi connectivity index (χ0) is 22.4. The van der Waals surface area contributed by atoms with Crippen molar-refractivity contribution in [3.63, 3.8) is 0 Å². The van der Waals surface area contributed by atoms with Crippen LogP contribution >= 0.6 is 23.2 Å². The number of sulfone groups is 1. The van der Waals surface area contributed by atoms with Gasteiger partial charge in [0.15, 0.2) is 9.84 Å². The molecule has 1 atom stereocenters. The Kier molecular flexibility index (Phi) is 7.37. The Labute approximate surface area is 189 Å². The van der Waals surface area contributed by atoms with E-state index >= 15 is 0 Å². The van der Waals surface area contributed by atoms with Crippen LogP contribution in [0, 0.1) is 0 Å². The van der Waals surface area contributed by atoms with Crippen molar-refractivity contribution in [2.24, 2.45) is 0 Å². The maximum Gasteiger partial charge on any atom is 0.309 e. The van der Waals surface area contributed by atoms with Crippen LogP contribution in [0.25, 0.3) is 0 Å². The third kappa shape index (κ3) is 5.88. The van der Waals surface area contributed by atoms with Crippen LogP contribution in [-0.4, -0.2) is 26.8 Å². The van der Waals surface area contributed by atoms with E-state index in [0.717, 1.165) is 5.56 Å². The van der Waals surface area contributed by atoms with E-state index in [0.29, 0.717) is 10.0 Å². The van der Waals surface area contributed by atoms with Crippen LogP contribution in [0.4, 0.5) is 0 Å². The van der Waals surface area contributed by atoms with Crippen molar-refractivity contribution in [1.82, 2.24) is 10.6 Å². The summed E-state index contributed by atoms with van der Waals surface area (Å²) >= 11 is 11.7. The summed E-state index contributed by atoms with van der Waals surface area (Å²) in [6, 6.07) is 15.4. The highest BCUT2D eigenvalue weighted by molar-refractivity contribution is 7.91. The number of amides is 2. The second-order valence-corrected chi connectivity index (χ2v) is 9.53. The molecule has 0 radical (unpaired) electrons. The van der Waals surface area contributed by atoms with Crippen molar-refractivity contribution in [3.8, 4) is 0 Å². The molecular formula is C21H18Cl2N2O5S. The molecule has 162 valence electrons. The standard InChI is InChI=1S/C21H18Cl2N2O5S/c22-15-5-3-14(4-6-15)12-24-20(26)21(27)25-13-19(18-2-1-11-30-18)31(28,29)17-9-7-16(23)8-10-17/h1-11,19H,12-13H2,(H,24,26)(H,25,27). The zero-order valence-electron chi connectivity index (χ0n) is 16.0. The van der Waals surface area contributed by atoms with E-state index in [9.17, 15) is 18.0 Å². The predicted octanol–water partition coefficient (Wildman–Crippen LogP) is 3.53. The molecule has 2 aromatic carbocycles. The number of nitrogens with one attached hydrogen (secondary N) is 2. The first kappa shape index (κ1) is 22.9.